The average molecular weight is 319 g/mol. The standard InChI is InChI=1S/C19H21N5/c1-13-9-10-14(2)16(11-13)23-18-17(20)19(22-12-21-18)24(3)15-7-5-4-6-8-15/h4-12H,20H2,1-3H3,(H,21,22,23). The van der Waals surface area contributed by atoms with Crippen molar-refractivity contribution in [3.63, 3.8) is 0 Å². The van der Waals surface area contributed by atoms with Crippen molar-refractivity contribution >= 4 is 28.7 Å². The molecule has 3 rings (SSSR count). The molecule has 0 saturated carbocycles. The monoisotopic (exact) mass is 319 g/mol. The van der Waals surface area contributed by atoms with Gasteiger partial charge in [-0.1, -0.05) is 30.3 Å². The lowest BCUT2D eigenvalue weighted by molar-refractivity contribution is 1.08. The Morgan fingerprint density at radius 3 is 2.50 bits per heavy atom. The Hall–Kier alpha value is -3.08. The highest BCUT2D eigenvalue weighted by Gasteiger charge is 2.14. The molecule has 24 heavy (non-hydrogen) atoms. The van der Waals surface area contributed by atoms with E-state index < -0.39 is 0 Å². The van der Waals surface area contributed by atoms with Gasteiger partial charge in [0.1, 0.15) is 12.0 Å². The molecule has 3 N–H and O–H groups in total. The van der Waals surface area contributed by atoms with E-state index in [-0.39, 0.29) is 0 Å². The van der Waals surface area contributed by atoms with Crippen LogP contribution in [0.5, 0.6) is 0 Å². The lowest BCUT2D eigenvalue weighted by Crippen LogP contribution is -2.15. The first kappa shape index (κ1) is 15.8. The summed E-state index contributed by atoms with van der Waals surface area (Å²) in [5.74, 6) is 1.28. The highest BCUT2D eigenvalue weighted by atomic mass is 15.2. The van der Waals surface area contributed by atoms with Gasteiger partial charge >= 0.3 is 0 Å². The van der Waals surface area contributed by atoms with E-state index in [4.69, 9.17) is 5.73 Å². The molecule has 3 aromatic rings. The van der Waals surface area contributed by atoms with E-state index in [1.807, 2.05) is 42.3 Å². The maximum atomic E-state index is 6.33. The summed E-state index contributed by atoms with van der Waals surface area (Å²) in [4.78, 5) is 10.6. The molecular formula is C19H21N5. The lowest BCUT2D eigenvalue weighted by Gasteiger charge is -2.21. The molecule has 1 aromatic heterocycles. The van der Waals surface area contributed by atoms with Gasteiger partial charge in [-0.2, -0.15) is 0 Å². The zero-order chi connectivity index (χ0) is 17.1. The van der Waals surface area contributed by atoms with Crippen LogP contribution in [0.1, 0.15) is 11.1 Å². The largest absolute Gasteiger partial charge is 0.393 e. The Morgan fingerprint density at radius 1 is 1.00 bits per heavy atom. The van der Waals surface area contributed by atoms with Gasteiger partial charge in [-0.3, -0.25) is 0 Å². The van der Waals surface area contributed by atoms with Gasteiger partial charge in [0.15, 0.2) is 11.6 Å². The highest BCUT2D eigenvalue weighted by molar-refractivity contribution is 5.81. The summed E-state index contributed by atoms with van der Waals surface area (Å²) in [7, 11) is 1.94. The summed E-state index contributed by atoms with van der Waals surface area (Å²) in [6.45, 7) is 4.11. The van der Waals surface area contributed by atoms with Crippen LogP contribution in [0.25, 0.3) is 0 Å². The minimum atomic E-state index is 0.518. The number of nitrogens with one attached hydrogen (secondary N) is 1. The molecule has 1 heterocycles. The third-order valence-corrected chi connectivity index (χ3v) is 3.97. The van der Waals surface area contributed by atoms with Crippen molar-refractivity contribution in [1.29, 1.82) is 0 Å². The zero-order valence-corrected chi connectivity index (χ0v) is 14.1. The van der Waals surface area contributed by atoms with E-state index >= 15 is 0 Å². The molecule has 0 fully saturated rings. The molecule has 0 atom stereocenters. The molecule has 122 valence electrons. The molecule has 0 unspecified atom stereocenters. The summed E-state index contributed by atoms with van der Waals surface area (Å²) >= 11 is 0. The minimum absolute atomic E-state index is 0.518. The fourth-order valence-corrected chi connectivity index (χ4v) is 2.53. The normalized spacial score (nSPS) is 10.5. The number of aryl methyl sites for hydroxylation is 2. The van der Waals surface area contributed by atoms with Crippen LogP contribution >= 0.6 is 0 Å². The summed E-state index contributed by atoms with van der Waals surface area (Å²) in [5, 5.41) is 3.33. The second-order valence-electron chi connectivity index (χ2n) is 5.80. The fraction of sp³-hybridized carbons (Fsp3) is 0.158. The van der Waals surface area contributed by atoms with Gasteiger partial charge < -0.3 is 16.0 Å². The molecule has 0 aliphatic rings. The number of hydrogen-bond donors (Lipinski definition) is 2. The quantitative estimate of drug-likeness (QED) is 0.755. The maximum absolute atomic E-state index is 6.33. The summed E-state index contributed by atoms with van der Waals surface area (Å²) in [5.41, 5.74) is 11.2. The van der Waals surface area contributed by atoms with Crippen LogP contribution in [-0.4, -0.2) is 17.0 Å². The van der Waals surface area contributed by atoms with Crippen molar-refractivity contribution in [2.24, 2.45) is 0 Å². The number of nitrogens with zero attached hydrogens (tertiary/aromatic N) is 3. The SMILES string of the molecule is Cc1ccc(C)c(Nc2ncnc(N(C)c3ccccc3)c2N)c1. The molecule has 0 saturated heterocycles. The Labute approximate surface area is 142 Å². The number of nitrogen functional groups attached to an aromatic ring is 1. The number of hydrogen-bond acceptors (Lipinski definition) is 5. The molecule has 2 aromatic carbocycles. The number of para-hydroxylation sites is 1. The van der Waals surface area contributed by atoms with E-state index in [2.05, 4.69) is 47.3 Å². The Morgan fingerprint density at radius 2 is 1.75 bits per heavy atom. The van der Waals surface area contributed by atoms with Crippen LogP contribution in [0.15, 0.2) is 54.9 Å². The van der Waals surface area contributed by atoms with E-state index in [1.165, 1.54) is 11.9 Å². The molecule has 0 bridgehead atoms. The lowest BCUT2D eigenvalue weighted by atomic mass is 10.1. The average Bonchev–Trinajstić information content (AvgIpc) is 2.60. The number of anilines is 5. The van der Waals surface area contributed by atoms with Gasteiger partial charge in [-0.25, -0.2) is 9.97 Å². The van der Waals surface area contributed by atoms with Crippen molar-refractivity contribution < 1.29 is 0 Å². The second-order valence-corrected chi connectivity index (χ2v) is 5.80. The van der Waals surface area contributed by atoms with Gasteiger partial charge in [0.25, 0.3) is 0 Å². The van der Waals surface area contributed by atoms with Crippen molar-refractivity contribution in [2.45, 2.75) is 13.8 Å². The first-order valence-electron chi connectivity index (χ1n) is 7.80. The van der Waals surface area contributed by atoms with Gasteiger partial charge in [0.05, 0.1) is 0 Å². The van der Waals surface area contributed by atoms with Crippen LogP contribution in [0.4, 0.5) is 28.7 Å². The molecule has 0 spiro atoms. The van der Waals surface area contributed by atoms with Crippen molar-refractivity contribution in [3.8, 4) is 0 Å². The van der Waals surface area contributed by atoms with Crippen LogP contribution in [0, 0.1) is 13.8 Å². The molecule has 0 radical (unpaired) electrons. The Bertz CT molecular complexity index is 846. The Balaban J connectivity index is 1.95. The minimum Gasteiger partial charge on any atom is -0.393 e. The fourth-order valence-electron chi connectivity index (χ4n) is 2.53. The third kappa shape index (κ3) is 3.15. The first-order valence-corrected chi connectivity index (χ1v) is 7.80. The summed E-state index contributed by atoms with van der Waals surface area (Å²) in [6, 6.07) is 16.2. The number of benzene rings is 2. The molecule has 5 nitrogen and oxygen atoms in total. The van der Waals surface area contributed by atoms with Crippen molar-refractivity contribution in [3.05, 3.63) is 66.0 Å². The third-order valence-electron chi connectivity index (χ3n) is 3.97. The van der Waals surface area contributed by atoms with Crippen LogP contribution in [0.2, 0.25) is 0 Å². The van der Waals surface area contributed by atoms with Crippen molar-refractivity contribution in [2.75, 3.05) is 23.0 Å². The van der Waals surface area contributed by atoms with Crippen LogP contribution < -0.4 is 16.0 Å². The maximum Gasteiger partial charge on any atom is 0.161 e. The predicted octanol–water partition coefficient (Wildman–Crippen LogP) is 4.19. The number of nitrogens with two attached hydrogens (primary N) is 1. The van der Waals surface area contributed by atoms with Crippen molar-refractivity contribution in [1.82, 2.24) is 9.97 Å². The van der Waals surface area contributed by atoms with Gasteiger partial charge in [-0.05, 0) is 43.2 Å². The number of rotatable bonds is 4. The molecular weight excluding hydrogens is 298 g/mol. The summed E-state index contributed by atoms with van der Waals surface area (Å²) in [6.07, 6.45) is 1.53. The Kier molecular flexibility index (Phi) is 4.33. The van der Waals surface area contributed by atoms with Crippen LogP contribution in [-0.2, 0) is 0 Å². The van der Waals surface area contributed by atoms with Gasteiger partial charge in [0, 0.05) is 18.4 Å². The summed E-state index contributed by atoms with van der Waals surface area (Å²) < 4.78 is 0. The van der Waals surface area contributed by atoms with E-state index in [0.29, 0.717) is 17.3 Å². The van der Waals surface area contributed by atoms with E-state index in [0.717, 1.165) is 16.9 Å². The highest BCUT2D eigenvalue weighted by Crippen LogP contribution is 2.32. The van der Waals surface area contributed by atoms with Crippen LogP contribution in [0.3, 0.4) is 0 Å². The first-order chi connectivity index (χ1) is 11.6. The molecule has 0 aliphatic heterocycles. The molecule has 5 heteroatoms. The molecule has 0 aliphatic carbocycles. The van der Waals surface area contributed by atoms with E-state index in [9.17, 15) is 0 Å². The van der Waals surface area contributed by atoms with Gasteiger partial charge in [-0.15, -0.1) is 0 Å². The molecule has 0 amide bonds. The zero-order valence-electron chi connectivity index (χ0n) is 14.1. The predicted molar refractivity (Wildman–Crippen MR) is 100 cm³/mol. The number of aromatic nitrogens is 2. The van der Waals surface area contributed by atoms with Gasteiger partial charge in [0.2, 0.25) is 0 Å². The topological polar surface area (TPSA) is 67.1 Å². The second kappa shape index (κ2) is 6.58. The van der Waals surface area contributed by atoms with E-state index in [1.54, 1.807) is 0 Å². The smallest absolute Gasteiger partial charge is 0.161 e.